The summed E-state index contributed by atoms with van der Waals surface area (Å²) in [4.78, 5) is 14.5. The van der Waals surface area contributed by atoms with Crippen LogP contribution in [0.25, 0.3) is 0 Å². The van der Waals surface area contributed by atoms with Gasteiger partial charge in [0.1, 0.15) is 5.69 Å². The highest BCUT2D eigenvalue weighted by atomic mass is 128. The highest BCUT2D eigenvalue weighted by Gasteiger charge is 2.12. The number of halogens is 7. The molecular weight excluding hydrogens is 1040 g/mol. The zero-order valence-corrected chi connectivity index (χ0v) is 27.1. The number of rotatable bonds is 5. The van der Waals surface area contributed by atoms with Crippen molar-refractivity contribution in [2.24, 2.45) is 0 Å². The van der Waals surface area contributed by atoms with Gasteiger partial charge >= 0.3 is 0 Å². The van der Waals surface area contributed by atoms with Crippen molar-refractivity contribution in [3.05, 3.63) is 40.7 Å². The second-order valence-electron chi connectivity index (χ2n) is 4.47. The van der Waals surface area contributed by atoms with E-state index in [9.17, 15) is 10.1 Å². The third kappa shape index (κ3) is 14.3. The third-order valence-corrected chi connectivity index (χ3v) is 2.89. The molecule has 0 bridgehead atoms. The summed E-state index contributed by atoms with van der Waals surface area (Å²) in [6, 6.07) is 4.75. The molecule has 0 saturated heterocycles. The minimum Gasteiger partial charge on any atom is -1.00 e. The van der Waals surface area contributed by atoms with Crippen LogP contribution in [0.4, 0.5) is 17.1 Å². The number of hydrogen-bond donors (Lipinski definition) is 2. The molecule has 1 heterocycles. The van der Waals surface area contributed by atoms with Crippen molar-refractivity contribution in [3.63, 3.8) is 0 Å². The van der Waals surface area contributed by atoms with E-state index in [0.717, 1.165) is 13.2 Å². The summed E-state index contributed by atoms with van der Waals surface area (Å²) in [6.45, 7) is 2.40. The van der Waals surface area contributed by atoms with Crippen molar-refractivity contribution in [2.75, 3.05) is 37.9 Å². The first-order valence-corrected chi connectivity index (χ1v) is 25.3. The van der Waals surface area contributed by atoms with Crippen molar-refractivity contribution in [1.82, 2.24) is 9.80 Å². The monoisotopic (exact) mass is 1060 g/mol. The quantitative estimate of drug-likeness (QED) is 0.203. The van der Waals surface area contributed by atoms with Crippen LogP contribution in [-0.2, 0) is 0 Å². The number of anilines is 2. The Morgan fingerprint density at radius 3 is 2.23 bits per heavy atom. The summed E-state index contributed by atoms with van der Waals surface area (Å²) >= 11 is 12.7. The maximum Gasteiger partial charge on any atom is 0.294 e. The molecule has 0 aromatic heterocycles. The predicted octanol–water partition coefficient (Wildman–Crippen LogP) is 3.58. The molecule has 0 spiro atoms. The SMILES string of the molecule is CN1C=CN(CCNc2ccc(N)c([N+](=O)[O-])c2)C1.II.II.II.[Cl-]. The molecule has 0 atom stereocenters. The fraction of sp³-hybridized carbons (Fsp3) is 0.333. The molecule has 0 radical (unpaired) electrons. The Balaban J connectivity index is -0.000000686. The van der Waals surface area contributed by atoms with Gasteiger partial charge in [0.25, 0.3) is 5.69 Å². The second kappa shape index (κ2) is 21.9. The molecule has 0 amide bonds. The standard InChI is InChI=1S/C12H17N5O2.ClH.3I2/c1-15-6-7-16(9-15)5-4-14-10-2-3-11(13)12(8-10)17(18)19;;3*1-2/h2-3,6-8,14H,4-5,9,13H2,1H3;1H;;;/p-1. The van der Waals surface area contributed by atoms with Crippen molar-refractivity contribution in [3.8, 4) is 0 Å². The van der Waals surface area contributed by atoms with Crippen LogP contribution in [0.5, 0.6) is 0 Å². The van der Waals surface area contributed by atoms with Crippen LogP contribution < -0.4 is 23.5 Å². The molecule has 0 saturated carbocycles. The maximum absolute atomic E-state index is 10.8. The molecule has 1 aliphatic heterocycles. The number of benzene rings is 1. The van der Waals surface area contributed by atoms with E-state index in [1.54, 1.807) is 12.1 Å². The molecular formula is C12H17ClI6N5O2-. The fourth-order valence-electron chi connectivity index (χ4n) is 1.89. The number of nitrogen functional groups attached to an aromatic ring is 1. The van der Waals surface area contributed by atoms with E-state index in [1.165, 1.54) is 6.07 Å². The fourth-order valence-corrected chi connectivity index (χ4v) is 1.89. The molecule has 152 valence electrons. The van der Waals surface area contributed by atoms with Crippen LogP contribution in [-0.4, -0.2) is 41.5 Å². The van der Waals surface area contributed by atoms with Gasteiger partial charge in [-0.2, -0.15) is 0 Å². The Labute approximate surface area is 230 Å². The average Bonchev–Trinajstić information content (AvgIpc) is 3.06. The van der Waals surface area contributed by atoms with Gasteiger partial charge in [-0.1, -0.05) is 0 Å². The van der Waals surface area contributed by atoms with E-state index < -0.39 is 4.92 Å². The topological polar surface area (TPSA) is 87.7 Å². The first-order chi connectivity index (χ1) is 12.1. The second-order valence-corrected chi connectivity index (χ2v) is 4.47. The van der Waals surface area contributed by atoms with E-state index >= 15 is 0 Å². The Hall–Kier alpha value is 2.23. The number of nitro groups is 1. The average molecular weight is 1060 g/mol. The largest absolute Gasteiger partial charge is 1.00 e. The molecule has 2 rings (SSSR count). The number of nitrogens with one attached hydrogen (secondary N) is 1. The number of nitrogens with zero attached hydrogens (tertiary/aromatic N) is 3. The normalized spacial score (nSPS) is 10.9. The van der Waals surface area contributed by atoms with Crippen LogP contribution in [0.1, 0.15) is 0 Å². The zero-order chi connectivity index (χ0) is 19.8. The zero-order valence-electron chi connectivity index (χ0n) is 13.4. The molecule has 1 aromatic carbocycles. The van der Waals surface area contributed by atoms with Gasteiger partial charge in [-0.15, -0.1) is 0 Å². The smallest absolute Gasteiger partial charge is 0.294 e. The number of hydrogen-bond acceptors (Lipinski definition) is 6. The van der Waals surface area contributed by atoms with Crippen molar-refractivity contribution >= 4 is 129 Å². The molecule has 0 unspecified atom stereocenters. The van der Waals surface area contributed by atoms with Crippen molar-refractivity contribution in [2.45, 2.75) is 0 Å². The maximum atomic E-state index is 10.8. The minimum absolute atomic E-state index is 0. The lowest BCUT2D eigenvalue weighted by atomic mass is 10.2. The molecule has 14 heteroatoms. The summed E-state index contributed by atoms with van der Waals surface area (Å²) in [5.74, 6) is 0. The molecule has 26 heavy (non-hydrogen) atoms. The molecule has 0 fully saturated rings. The van der Waals surface area contributed by atoms with Gasteiger partial charge in [0.15, 0.2) is 0 Å². The first-order valence-electron chi connectivity index (χ1n) is 6.39. The highest BCUT2D eigenvalue weighted by Crippen LogP contribution is 2.24. The van der Waals surface area contributed by atoms with Crippen LogP contribution in [0.2, 0.25) is 0 Å². The third-order valence-electron chi connectivity index (χ3n) is 2.89. The van der Waals surface area contributed by atoms with Gasteiger partial charge < -0.3 is 33.3 Å². The Kier molecular flexibility index (Phi) is 27.7. The Morgan fingerprint density at radius 2 is 1.77 bits per heavy atom. The van der Waals surface area contributed by atoms with Crippen molar-refractivity contribution < 1.29 is 17.3 Å². The van der Waals surface area contributed by atoms with Gasteiger partial charge in [-0.3, -0.25) is 10.1 Å². The lowest BCUT2D eigenvalue weighted by Gasteiger charge is -2.18. The van der Waals surface area contributed by atoms with E-state index in [0.29, 0.717) is 12.2 Å². The van der Waals surface area contributed by atoms with Gasteiger partial charge in [0.2, 0.25) is 0 Å². The summed E-state index contributed by atoms with van der Waals surface area (Å²) in [5, 5.41) is 13.9. The number of nitro benzene ring substituents is 1. The van der Waals surface area contributed by atoms with Gasteiger partial charge in [-0.25, -0.2) is 0 Å². The summed E-state index contributed by atoms with van der Waals surface area (Å²) in [7, 11) is 2.01. The number of nitrogens with two attached hydrogens (primary N) is 1. The molecule has 1 aliphatic rings. The van der Waals surface area contributed by atoms with Crippen LogP contribution in [0.3, 0.4) is 0 Å². The Morgan fingerprint density at radius 1 is 1.19 bits per heavy atom. The highest BCUT2D eigenvalue weighted by molar-refractivity contribution is 15.0. The van der Waals surface area contributed by atoms with Gasteiger partial charge in [0.05, 0.1) is 11.6 Å². The summed E-state index contributed by atoms with van der Waals surface area (Å²) in [5.41, 5.74) is 6.36. The molecule has 0 aliphatic carbocycles. The van der Waals surface area contributed by atoms with E-state index in [1.807, 2.05) is 19.4 Å². The predicted molar refractivity (Wildman–Crippen MR) is 159 cm³/mol. The van der Waals surface area contributed by atoms with E-state index in [-0.39, 0.29) is 23.8 Å². The van der Waals surface area contributed by atoms with Gasteiger partial charge in [-0.05, 0) is 12.1 Å². The van der Waals surface area contributed by atoms with Crippen LogP contribution >= 0.6 is 112 Å². The first kappa shape index (κ1) is 32.9. The molecule has 7 nitrogen and oxygen atoms in total. The summed E-state index contributed by atoms with van der Waals surface area (Å²) < 4.78 is 0. The lowest BCUT2D eigenvalue weighted by molar-refractivity contribution is -0.383. The molecule has 3 N–H and O–H groups in total. The van der Waals surface area contributed by atoms with Crippen LogP contribution in [0, 0.1) is 10.1 Å². The molecule has 1 aromatic rings. The van der Waals surface area contributed by atoms with Gasteiger partial charge in [0, 0.05) is 156 Å². The lowest BCUT2D eigenvalue weighted by Crippen LogP contribution is -3.00. The Bertz CT molecular complexity index is 529. The van der Waals surface area contributed by atoms with Crippen molar-refractivity contribution in [1.29, 1.82) is 0 Å². The van der Waals surface area contributed by atoms with E-state index in [2.05, 4.69) is 127 Å². The van der Waals surface area contributed by atoms with E-state index in [4.69, 9.17) is 5.73 Å². The summed E-state index contributed by atoms with van der Waals surface area (Å²) in [6.07, 6.45) is 4.03. The minimum atomic E-state index is -0.474. The van der Waals surface area contributed by atoms with Crippen LogP contribution in [0.15, 0.2) is 30.6 Å².